The molecule has 7 heteroatoms. The van der Waals surface area contributed by atoms with Crippen molar-refractivity contribution in [3.63, 3.8) is 0 Å². The fraction of sp³-hybridized carbons (Fsp3) is 0.364. The van der Waals surface area contributed by atoms with E-state index in [0.29, 0.717) is 5.82 Å². The van der Waals surface area contributed by atoms with Gasteiger partial charge in [0.1, 0.15) is 11.6 Å². The van der Waals surface area contributed by atoms with Crippen molar-refractivity contribution in [2.75, 3.05) is 50.5 Å². The van der Waals surface area contributed by atoms with Gasteiger partial charge in [-0.3, -0.25) is 4.98 Å². The Kier molecular flexibility index (Phi) is 5.95. The third-order valence-electron chi connectivity index (χ3n) is 4.99. The molecule has 0 radical (unpaired) electrons. The predicted molar refractivity (Wildman–Crippen MR) is 117 cm³/mol. The first-order valence-electron chi connectivity index (χ1n) is 10.1. The van der Waals surface area contributed by atoms with E-state index in [2.05, 4.69) is 51.3 Å². The van der Waals surface area contributed by atoms with E-state index in [9.17, 15) is 0 Å². The van der Waals surface area contributed by atoms with E-state index in [-0.39, 0.29) is 0 Å². The van der Waals surface area contributed by atoms with Crippen LogP contribution in [0, 0.1) is 0 Å². The third-order valence-corrected chi connectivity index (χ3v) is 4.99. The van der Waals surface area contributed by atoms with Crippen molar-refractivity contribution >= 4 is 11.6 Å². The molecule has 4 heterocycles. The molecule has 0 saturated carbocycles. The Morgan fingerprint density at radius 1 is 1.03 bits per heavy atom. The van der Waals surface area contributed by atoms with Crippen LogP contribution < -0.4 is 10.2 Å². The Hall–Kier alpha value is -3.06. The number of nitrogens with zero attached hydrogens (tertiary/aromatic N) is 6. The third kappa shape index (κ3) is 4.86. The first-order valence-corrected chi connectivity index (χ1v) is 10.1. The zero-order valence-electron chi connectivity index (χ0n) is 17.0. The Morgan fingerprint density at radius 3 is 2.59 bits per heavy atom. The lowest BCUT2D eigenvalue weighted by Gasteiger charge is -2.18. The molecule has 0 amide bonds. The summed E-state index contributed by atoms with van der Waals surface area (Å²) in [7, 11) is 4.12. The van der Waals surface area contributed by atoms with Gasteiger partial charge < -0.3 is 15.1 Å². The maximum Gasteiger partial charge on any atom is 0.163 e. The molecule has 1 aliphatic heterocycles. The monoisotopic (exact) mass is 389 g/mol. The standard InChI is InChI=1S/C22H27N7/c1-28(2)13-10-24-20-8-7-17(16-25-20)19-14-21(29-11-3-4-12-29)27-22(26-19)18-6-5-9-23-15-18/h5-9,14-16H,3-4,10-13H2,1-2H3,(H,24,25). The molecule has 4 rings (SSSR count). The lowest BCUT2D eigenvalue weighted by Crippen LogP contribution is -2.21. The molecule has 0 aliphatic carbocycles. The molecule has 0 bridgehead atoms. The van der Waals surface area contributed by atoms with Crippen LogP contribution in [0.1, 0.15) is 12.8 Å². The zero-order valence-corrected chi connectivity index (χ0v) is 17.0. The minimum Gasteiger partial charge on any atom is -0.369 e. The molecule has 0 spiro atoms. The molecule has 0 unspecified atom stereocenters. The van der Waals surface area contributed by atoms with Gasteiger partial charge in [0.05, 0.1) is 5.69 Å². The summed E-state index contributed by atoms with van der Waals surface area (Å²) in [4.78, 5) is 22.9. The van der Waals surface area contributed by atoms with Gasteiger partial charge in [-0.05, 0) is 51.2 Å². The van der Waals surface area contributed by atoms with E-state index in [1.54, 1.807) is 6.20 Å². The minimum atomic E-state index is 0.700. The quantitative estimate of drug-likeness (QED) is 0.665. The molecule has 0 atom stereocenters. The van der Waals surface area contributed by atoms with Crippen LogP contribution in [0.2, 0.25) is 0 Å². The normalized spacial score (nSPS) is 13.8. The summed E-state index contributed by atoms with van der Waals surface area (Å²) < 4.78 is 0. The zero-order chi connectivity index (χ0) is 20.1. The molecule has 1 aliphatic rings. The smallest absolute Gasteiger partial charge is 0.163 e. The Morgan fingerprint density at radius 2 is 1.90 bits per heavy atom. The number of likely N-dealkylation sites (N-methyl/N-ethyl adjacent to an activating group) is 1. The summed E-state index contributed by atoms with van der Waals surface area (Å²) in [5.41, 5.74) is 2.79. The van der Waals surface area contributed by atoms with Crippen LogP contribution in [0.15, 0.2) is 48.9 Å². The Bertz CT molecular complexity index is 920. The van der Waals surface area contributed by atoms with E-state index in [1.807, 2.05) is 30.6 Å². The molecule has 1 fully saturated rings. The Labute approximate surface area is 171 Å². The van der Waals surface area contributed by atoms with Gasteiger partial charge in [-0.2, -0.15) is 0 Å². The lowest BCUT2D eigenvalue weighted by atomic mass is 10.2. The Balaban J connectivity index is 1.62. The van der Waals surface area contributed by atoms with Crippen molar-refractivity contribution < 1.29 is 0 Å². The number of pyridine rings is 2. The van der Waals surface area contributed by atoms with E-state index in [1.165, 1.54) is 12.8 Å². The largest absolute Gasteiger partial charge is 0.369 e. The van der Waals surface area contributed by atoms with E-state index < -0.39 is 0 Å². The van der Waals surface area contributed by atoms with Crippen LogP contribution in [0.5, 0.6) is 0 Å². The van der Waals surface area contributed by atoms with Crippen LogP contribution in [0.3, 0.4) is 0 Å². The average molecular weight is 390 g/mol. The highest BCUT2D eigenvalue weighted by Crippen LogP contribution is 2.27. The first kappa shape index (κ1) is 19.3. The van der Waals surface area contributed by atoms with Crippen molar-refractivity contribution in [2.24, 2.45) is 0 Å². The fourth-order valence-electron chi connectivity index (χ4n) is 3.37. The minimum absolute atomic E-state index is 0.700. The molecule has 7 nitrogen and oxygen atoms in total. The number of rotatable bonds is 7. The molecule has 3 aromatic rings. The summed E-state index contributed by atoms with van der Waals surface area (Å²) in [6, 6.07) is 10.0. The second-order valence-electron chi connectivity index (χ2n) is 7.53. The van der Waals surface area contributed by atoms with Gasteiger partial charge in [0.15, 0.2) is 5.82 Å². The number of nitrogens with one attached hydrogen (secondary N) is 1. The highest BCUT2D eigenvalue weighted by Gasteiger charge is 2.17. The number of hydrogen-bond donors (Lipinski definition) is 1. The summed E-state index contributed by atoms with van der Waals surface area (Å²) in [5, 5.41) is 3.35. The first-order chi connectivity index (χ1) is 14.2. The summed E-state index contributed by atoms with van der Waals surface area (Å²) in [6.45, 7) is 3.89. The van der Waals surface area contributed by atoms with Crippen molar-refractivity contribution in [2.45, 2.75) is 12.8 Å². The van der Waals surface area contributed by atoms with Gasteiger partial charge in [0, 0.05) is 62.0 Å². The molecule has 29 heavy (non-hydrogen) atoms. The van der Waals surface area contributed by atoms with Crippen LogP contribution >= 0.6 is 0 Å². The van der Waals surface area contributed by atoms with Gasteiger partial charge in [0.2, 0.25) is 0 Å². The van der Waals surface area contributed by atoms with E-state index in [4.69, 9.17) is 9.97 Å². The SMILES string of the molecule is CN(C)CCNc1ccc(-c2cc(N3CCCC3)nc(-c3cccnc3)n2)cn1. The molecule has 0 aromatic carbocycles. The van der Waals surface area contributed by atoms with Crippen molar-refractivity contribution in [1.82, 2.24) is 24.8 Å². The maximum absolute atomic E-state index is 4.82. The predicted octanol–water partition coefficient (Wildman–Crippen LogP) is 3.17. The highest BCUT2D eigenvalue weighted by molar-refractivity contribution is 5.68. The summed E-state index contributed by atoms with van der Waals surface area (Å²) in [6.07, 6.45) is 7.86. The second-order valence-corrected chi connectivity index (χ2v) is 7.53. The van der Waals surface area contributed by atoms with Gasteiger partial charge in [-0.25, -0.2) is 15.0 Å². The van der Waals surface area contributed by atoms with Crippen LogP contribution in [0.4, 0.5) is 11.6 Å². The molecule has 3 aromatic heterocycles. The van der Waals surface area contributed by atoms with Gasteiger partial charge in [-0.15, -0.1) is 0 Å². The lowest BCUT2D eigenvalue weighted by molar-refractivity contribution is 0.425. The van der Waals surface area contributed by atoms with Crippen LogP contribution in [0.25, 0.3) is 22.6 Å². The van der Waals surface area contributed by atoms with Gasteiger partial charge in [-0.1, -0.05) is 0 Å². The second kappa shape index (κ2) is 8.96. The molecular formula is C22H27N7. The number of hydrogen-bond acceptors (Lipinski definition) is 7. The highest BCUT2D eigenvalue weighted by atomic mass is 15.2. The van der Waals surface area contributed by atoms with E-state index in [0.717, 1.165) is 54.6 Å². The number of aromatic nitrogens is 4. The molecule has 1 N–H and O–H groups in total. The fourth-order valence-corrected chi connectivity index (χ4v) is 3.37. The molecule has 1 saturated heterocycles. The van der Waals surface area contributed by atoms with Crippen molar-refractivity contribution in [3.8, 4) is 22.6 Å². The maximum atomic E-state index is 4.82. The summed E-state index contributed by atoms with van der Waals surface area (Å²) in [5.74, 6) is 2.54. The molecular weight excluding hydrogens is 362 g/mol. The molecule has 150 valence electrons. The summed E-state index contributed by atoms with van der Waals surface area (Å²) >= 11 is 0. The van der Waals surface area contributed by atoms with Crippen molar-refractivity contribution in [3.05, 3.63) is 48.9 Å². The van der Waals surface area contributed by atoms with E-state index >= 15 is 0 Å². The topological polar surface area (TPSA) is 70.1 Å². The van der Waals surface area contributed by atoms with Crippen LogP contribution in [-0.2, 0) is 0 Å². The van der Waals surface area contributed by atoms with Crippen LogP contribution in [-0.4, -0.2) is 65.1 Å². The average Bonchev–Trinajstić information content (AvgIpc) is 3.29. The van der Waals surface area contributed by atoms with Gasteiger partial charge >= 0.3 is 0 Å². The number of anilines is 2. The van der Waals surface area contributed by atoms with Crippen molar-refractivity contribution in [1.29, 1.82) is 0 Å². The van der Waals surface area contributed by atoms with Gasteiger partial charge in [0.25, 0.3) is 0 Å².